The lowest BCUT2D eigenvalue weighted by Crippen LogP contribution is -2.35. The van der Waals surface area contributed by atoms with Gasteiger partial charge in [-0.2, -0.15) is 0 Å². The number of phenolic OH excluding ortho intramolecular Hbond substituents is 1. The number of phenols is 1. The zero-order valence-corrected chi connectivity index (χ0v) is 15.8. The van der Waals surface area contributed by atoms with Crippen molar-refractivity contribution in [2.24, 2.45) is 11.8 Å². The quantitative estimate of drug-likeness (QED) is 0.254. The van der Waals surface area contributed by atoms with E-state index in [1.807, 2.05) is 26.0 Å². The molecule has 0 spiro atoms. The first kappa shape index (κ1) is 20.7. The summed E-state index contributed by atoms with van der Waals surface area (Å²) in [6.07, 6.45) is 4.22. The average Bonchev–Trinajstić information content (AvgIpc) is 2.93. The van der Waals surface area contributed by atoms with E-state index in [0.29, 0.717) is 12.0 Å². The van der Waals surface area contributed by atoms with Crippen molar-refractivity contribution in [3.63, 3.8) is 0 Å². The van der Waals surface area contributed by atoms with Gasteiger partial charge >= 0.3 is 0 Å². The summed E-state index contributed by atoms with van der Waals surface area (Å²) in [6, 6.07) is 4.58. The fourth-order valence-electron chi connectivity index (χ4n) is 3.30. The van der Waals surface area contributed by atoms with Crippen molar-refractivity contribution in [3.8, 4) is 5.75 Å². The molecule has 4 atom stereocenters. The second kappa shape index (κ2) is 8.86. The van der Waals surface area contributed by atoms with E-state index < -0.39 is 23.8 Å². The summed E-state index contributed by atoms with van der Waals surface area (Å²) in [6.45, 7) is 5.76. The summed E-state index contributed by atoms with van der Waals surface area (Å²) in [4.78, 5) is 25.0. The summed E-state index contributed by atoms with van der Waals surface area (Å²) in [5, 5.41) is 32.8. The summed E-state index contributed by atoms with van der Waals surface area (Å²) < 4.78 is 0. The van der Waals surface area contributed by atoms with E-state index in [1.165, 1.54) is 24.3 Å². The van der Waals surface area contributed by atoms with Crippen molar-refractivity contribution >= 4 is 11.7 Å². The van der Waals surface area contributed by atoms with Crippen LogP contribution >= 0.6 is 0 Å². The zero-order chi connectivity index (χ0) is 20.1. The van der Waals surface area contributed by atoms with Crippen LogP contribution in [0.4, 0.5) is 0 Å². The monoisotopic (exact) mass is 373 g/mol. The summed E-state index contributed by atoms with van der Waals surface area (Å²) >= 11 is 0. The number of ketones is 1. The smallest absolute Gasteiger partial charge is 0.259 e. The molecule has 146 valence electrons. The lowest BCUT2D eigenvalue weighted by Gasteiger charge is -2.17. The molecule has 2 rings (SSSR count). The highest BCUT2D eigenvalue weighted by Gasteiger charge is 2.43. The Morgan fingerprint density at radius 3 is 2.44 bits per heavy atom. The molecule has 0 unspecified atom stereocenters. The molecule has 6 heteroatoms. The second-order valence-electron chi connectivity index (χ2n) is 7.16. The number of amides is 1. The minimum absolute atomic E-state index is 0.0341. The van der Waals surface area contributed by atoms with Crippen LogP contribution in [0.5, 0.6) is 5.75 Å². The van der Waals surface area contributed by atoms with Gasteiger partial charge < -0.3 is 20.6 Å². The van der Waals surface area contributed by atoms with Crippen LogP contribution in [0.25, 0.3) is 0 Å². The lowest BCUT2D eigenvalue weighted by atomic mass is 9.90. The Morgan fingerprint density at radius 2 is 1.85 bits per heavy atom. The molecule has 1 aromatic carbocycles. The van der Waals surface area contributed by atoms with Gasteiger partial charge in [-0.05, 0) is 43.4 Å². The maximum atomic E-state index is 12.7. The molecule has 1 aliphatic heterocycles. The molecule has 0 radical (unpaired) electrons. The van der Waals surface area contributed by atoms with Gasteiger partial charge in [-0.3, -0.25) is 9.59 Å². The van der Waals surface area contributed by atoms with Crippen LogP contribution in [-0.2, 0) is 9.59 Å². The fourth-order valence-corrected chi connectivity index (χ4v) is 3.30. The molecule has 27 heavy (non-hydrogen) atoms. The van der Waals surface area contributed by atoms with E-state index in [0.717, 1.165) is 6.42 Å². The van der Waals surface area contributed by atoms with Gasteiger partial charge in [0.1, 0.15) is 29.2 Å². The Morgan fingerprint density at radius 1 is 1.22 bits per heavy atom. The van der Waals surface area contributed by atoms with Crippen LogP contribution < -0.4 is 5.32 Å². The zero-order valence-electron chi connectivity index (χ0n) is 15.8. The molecule has 1 aromatic rings. The lowest BCUT2D eigenvalue weighted by molar-refractivity contribution is -0.118. The standard InChI is InChI=1S/C21H27NO5/c1-4-5-6-12(2)11-13(3)18(24)16-20(26)17(22-21(16)27)19(25)14-7-9-15(23)10-8-14/h4-5,7-10,12-13,17,19,23-25H,6,11H2,1-3H3,(H,22,27)/t12-,13+,17-,19+/m0/s1. The number of nitrogens with one attached hydrogen (secondary N) is 1. The third kappa shape index (κ3) is 4.77. The molecule has 0 aliphatic carbocycles. The molecule has 0 bridgehead atoms. The number of rotatable bonds is 7. The van der Waals surface area contributed by atoms with Crippen LogP contribution in [0.3, 0.4) is 0 Å². The van der Waals surface area contributed by atoms with E-state index in [1.54, 1.807) is 6.92 Å². The van der Waals surface area contributed by atoms with Crippen LogP contribution in [0.2, 0.25) is 0 Å². The molecule has 1 fully saturated rings. The molecule has 0 saturated carbocycles. The highest BCUT2D eigenvalue weighted by molar-refractivity contribution is 6.27. The molecule has 1 saturated heterocycles. The van der Waals surface area contributed by atoms with Gasteiger partial charge in [0.2, 0.25) is 0 Å². The predicted molar refractivity (Wildman–Crippen MR) is 102 cm³/mol. The van der Waals surface area contributed by atoms with E-state index in [4.69, 9.17) is 0 Å². The molecule has 1 heterocycles. The van der Waals surface area contributed by atoms with Gasteiger partial charge in [0.05, 0.1) is 0 Å². The first-order chi connectivity index (χ1) is 12.8. The number of allylic oxidation sites excluding steroid dienone is 3. The van der Waals surface area contributed by atoms with E-state index >= 15 is 0 Å². The van der Waals surface area contributed by atoms with Gasteiger partial charge in [0.25, 0.3) is 5.91 Å². The van der Waals surface area contributed by atoms with Gasteiger partial charge in [0, 0.05) is 5.92 Å². The number of hydrogen-bond donors (Lipinski definition) is 4. The highest BCUT2D eigenvalue weighted by Crippen LogP contribution is 2.29. The fraction of sp³-hybridized carbons (Fsp3) is 0.429. The number of Topliss-reactive ketones (excluding diaryl/α,β-unsaturated/α-hetero) is 1. The van der Waals surface area contributed by atoms with Crippen molar-refractivity contribution in [1.29, 1.82) is 0 Å². The largest absolute Gasteiger partial charge is 0.511 e. The van der Waals surface area contributed by atoms with E-state index in [-0.39, 0.29) is 28.9 Å². The van der Waals surface area contributed by atoms with Gasteiger partial charge in [0.15, 0.2) is 5.78 Å². The maximum absolute atomic E-state index is 12.7. The molecule has 0 aromatic heterocycles. The Bertz CT molecular complexity index is 750. The number of aromatic hydroxyl groups is 1. The van der Waals surface area contributed by atoms with Gasteiger partial charge in [-0.15, -0.1) is 0 Å². The first-order valence-electron chi connectivity index (χ1n) is 9.12. The predicted octanol–water partition coefficient (Wildman–Crippen LogP) is 2.93. The van der Waals surface area contributed by atoms with Gasteiger partial charge in [-0.25, -0.2) is 0 Å². The number of aliphatic hydroxyl groups is 2. The van der Waals surface area contributed by atoms with Crippen molar-refractivity contribution in [3.05, 3.63) is 53.3 Å². The Balaban J connectivity index is 2.18. The number of aliphatic hydroxyl groups excluding tert-OH is 2. The summed E-state index contributed by atoms with van der Waals surface area (Å²) in [5.74, 6) is -1.55. The van der Waals surface area contributed by atoms with Gasteiger partial charge in [-0.1, -0.05) is 38.1 Å². The van der Waals surface area contributed by atoms with Crippen LogP contribution in [0, 0.1) is 11.8 Å². The molecular formula is C21H27NO5. The normalized spacial score (nSPS) is 22.6. The van der Waals surface area contributed by atoms with Crippen LogP contribution in [0.1, 0.15) is 45.3 Å². The average molecular weight is 373 g/mol. The topological polar surface area (TPSA) is 107 Å². The Labute approximate surface area is 159 Å². The first-order valence-corrected chi connectivity index (χ1v) is 9.12. The molecular weight excluding hydrogens is 346 g/mol. The highest BCUT2D eigenvalue weighted by atomic mass is 16.3. The number of hydrogen-bond acceptors (Lipinski definition) is 5. The third-order valence-electron chi connectivity index (χ3n) is 4.85. The number of carbonyl (C=O) groups excluding carboxylic acids is 2. The molecule has 4 N–H and O–H groups in total. The molecule has 1 amide bonds. The molecule has 6 nitrogen and oxygen atoms in total. The number of carbonyl (C=O) groups is 2. The SMILES string of the molecule is CC=CC[C@H](C)C[C@@H](C)C(O)=C1C(=O)N[C@@H]([C@H](O)c2ccc(O)cc2)C1=O. The minimum atomic E-state index is -1.27. The van der Waals surface area contributed by atoms with E-state index in [9.17, 15) is 24.9 Å². The minimum Gasteiger partial charge on any atom is -0.511 e. The maximum Gasteiger partial charge on any atom is 0.259 e. The van der Waals surface area contributed by atoms with Crippen LogP contribution in [0.15, 0.2) is 47.7 Å². The Hall–Kier alpha value is -2.60. The van der Waals surface area contributed by atoms with Crippen molar-refractivity contribution in [1.82, 2.24) is 5.32 Å². The van der Waals surface area contributed by atoms with Crippen molar-refractivity contribution in [2.75, 3.05) is 0 Å². The Kier molecular flexibility index (Phi) is 6.80. The second-order valence-corrected chi connectivity index (χ2v) is 7.16. The van der Waals surface area contributed by atoms with Crippen molar-refractivity contribution in [2.45, 2.75) is 45.8 Å². The third-order valence-corrected chi connectivity index (χ3v) is 4.85. The van der Waals surface area contributed by atoms with Crippen molar-refractivity contribution < 1.29 is 24.9 Å². The molecule has 1 aliphatic rings. The number of benzene rings is 1. The summed E-state index contributed by atoms with van der Waals surface area (Å²) in [5.41, 5.74) is 0.115. The van der Waals surface area contributed by atoms with Crippen LogP contribution in [-0.4, -0.2) is 33.1 Å². The van der Waals surface area contributed by atoms with E-state index in [2.05, 4.69) is 5.32 Å². The summed E-state index contributed by atoms with van der Waals surface area (Å²) in [7, 11) is 0.